The summed E-state index contributed by atoms with van der Waals surface area (Å²) >= 11 is 0. The molecular formula is C20H38N2O4. The van der Waals surface area contributed by atoms with Crippen molar-refractivity contribution in [1.82, 2.24) is 9.80 Å². The number of hydrogen-bond donors (Lipinski definition) is 2. The lowest BCUT2D eigenvalue weighted by molar-refractivity contribution is -0.287. The van der Waals surface area contributed by atoms with E-state index >= 15 is 0 Å². The van der Waals surface area contributed by atoms with Crippen molar-refractivity contribution in [1.29, 1.82) is 0 Å². The van der Waals surface area contributed by atoms with Crippen LogP contribution in [0.3, 0.4) is 0 Å². The Morgan fingerprint density at radius 1 is 0.577 bits per heavy atom. The molecule has 0 radical (unpaired) electrons. The third-order valence-electron chi connectivity index (χ3n) is 5.08. The molecule has 1 fully saturated rings. The van der Waals surface area contributed by atoms with Crippen molar-refractivity contribution in [2.75, 3.05) is 0 Å². The summed E-state index contributed by atoms with van der Waals surface area (Å²) in [6, 6.07) is 0. The Morgan fingerprint density at radius 3 is 0.885 bits per heavy atom. The molecule has 0 bridgehead atoms. The summed E-state index contributed by atoms with van der Waals surface area (Å²) in [7, 11) is 0. The van der Waals surface area contributed by atoms with Crippen molar-refractivity contribution in [2.24, 2.45) is 10.8 Å². The van der Waals surface area contributed by atoms with Gasteiger partial charge in [0.2, 0.25) is 11.4 Å². The highest BCUT2D eigenvalue weighted by molar-refractivity contribution is 6.02. The quantitative estimate of drug-likeness (QED) is 0.687. The highest BCUT2D eigenvalue weighted by Crippen LogP contribution is 2.51. The van der Waals surface area contributed by atoms with Crippen molar-refractivity contribution in [3.8, 4) is 0 Å². The van der Waals surface area contributed by atoms with E-state index in [9.17, 15) is 19.8 Å². The van der Waals surface area contributed by atoms with E-state index in [0.717, 1.165) is 0 Å². The molecule has 0 aromatic rings. The van der Waals surface area contributed by atoms with Crippen LogP contribution in [0.2, 0.25) is 0 Å². The number of hydrogen-bond acceptors (Lipinski definition) is 4. The van der Waals surface area contributed by atoms with E-state index in [1.165, 1.54) is 9.80 Å². The molecular weight excluding hydrogens is 332 g/mol. The Bertz CT molecular complexity index is 547. The first kappa shape index (κ1) is 22.9. The zero-order valence-corrected chi connectivity index (χ0v) is 18.6. The Balaban J connectivity index is 4.01. The van der Waals surface area contributed by atoms with Gasteiger partial charge in [-0.1, -0.05) is 41.5 Å². The summed E-state index contributed by atoms with van der Waals surface area (Å²) < 4.78 is 0. The summed E-state index contributed by atoms with van der Waals surface area (Å²) in [5.41, 5.74) is -7.86. The highest BCUT2D eigenvalue weighted by atomic mass is 16.4. The summed E-state index contributed by atoms with van der Waals surface area (Å²) in [5.74, 6) is -1.33. The molecule has 0 aromatic heterocycles. The van der Waals surface area contributed by atoms with Crippen molar-refractivity contribution in [2.45, 2.75) is 106 Å². The molecule has 1 rings (SSSR count). The number of aliphatic hydroxyl groups is 2. The molecule has 0 aliphatic carbocycles. The maximum atomic E-state index is 13.7. The van der Waals surface area contributed by atoms with Gasteiger partial charge in [0.05, 0.1) is 0 Å². The van der Waals surface area contributed by atoms with Crippen molar-refractivity contribution >= 4 is 11.8 Å². The second-order valence-electron chi connectivity index (χ2n) is 11.5. The standard InChI is InChI=1S/C20H38N2O4/c1-15(2,3)19(25)13(23)22(18(10,11)12)20(26,16(4,5)6)14(24)21(19)17(7,8)9/h25-26H,1-12H3. The first-order valence-electron chi connectivity index (χ1n) is 9.20. The molecule has 1 aliphatic heterocycles. The van der Waals surface area contributed by atoms with Gasteiger partial charge in [0.15, 0.2) is 0 Å². The van der Waals surface area contributed by atoms with Gasteiger partial charge in [-0.2, -0.15) is 0 Å². The molecule has 2 amide bonds. The number of nitrogens with zero attached hydrogens (tertiary/aromatic N) is 2. The van der Waals surface area contributed by atoms with Crippen LogP contribution in [0.25, 0.3) is 0 Å². The van der Waals surface area contributed by atoms with Gasteiger partial charge in [-0.05, 0) is 41.5 Å². The molecule has 6 heteroatoms. The topological polar surface area (TPSA) is 81.1 Å². The Morgan fingerprint density at radius 2 is 0.769 bits per heavy atom. The molecule has 1 saturated heterocycles. The van der Waals surface area contributed by atoms with E-state index in [1.54, 1.807) is 83.1 Å². The van der Waals surface area contributed by atoms with E-state index in [0.29, 0.717) is 0 Å². The molecule has 0 spiro atoms. The monoisotopic (exact) mass is 370 g/mol. The van der Waals surface area contributed by atoms with Crippen LogP contribution in [0, 0.1) is 10.8 Å². The van der Waals surface area contributed by atoms with Crippen LogP contribution in [0.4, 0.5) is 0 Å². The summed E-state index contributed by atoms with van der Waals surface area (Å²) in [5, 5.41) is 23.4. The van der Waals surface area contributed by atoms with E-state index in [-0.39, 0.29) is 0 Å². The predicted molar refractivity (Wildman–Crippen MR) is 102 cm³/mol. The number of carbonyl (C=O) groups excluding carboxylic acids is 2. The molecule has 0 saturated carbocycles. The second kappa shape index (κ2) is 5.68. The smallest absolute Gasteiger partial charge is 0.279 e. The third kappa shape index (κ3) is 2.95. The molecule has 2 N–H and O–H groups in total. The first-order valence-corrected chi connectivity index (χ1v) is 9.20. The summed E-state index contributed by atoms with van der Waals surface area (Å²) in [6.45, 7) is 20.9. The molecule has 0 aromatic carbocycles. The second-order valence-corrected chi connectivity index (χ2v) is 11.5. The Hall–Kier alpha value is -1.14. The van der Waals surface area contributed by atoms with Crippen LogP contribution in [0.1, 0.15) is 83.1 Å². The van der Waals surface area contributed by atoms with Crippen LogP contribution in [0.15, 0.2) is 0 Å². The SMILES string of the molecule is CC(C)(C)N1C(=O)C(O)(C(C)(C)C)N(C(C)(C)C)C(=O)C1(O)C(C)(C)C. The van der Waals surface area contributed by atoms with E-state index in [2.05, 4.69) is 0 Å². The van der Waals surface area contributed by atoms with Gasteiger partial charge >= 0.3 is 0 Å². The van der Waals surface area contributed by atoms with E-state index < -0.39 is 45.2 Å². The number of rotatable bonds is 0. The summed E-state index contributed by atoms with van der Waals surface area (Å²) in [4.78, 5) is 29.8. The van der Waals surface area contributed by atoms with Crippen LogP contribution in [0.5, 0.6) is 0 Å². The van der Waals surface area contributed by atoms with Crippen LogP contribution in [-0.4, -0.2) is 54.4 Å². The number of carbonyl (C=O) groups is 2. The lowest BCUT2D eigenvalue weighted by Crippen LogP contribution is -2.86. The van der Waals surface area contributed by atoms with Crippen molar-refractivity contribution < 1.29 is 19.8 Å². The number of amides is 2. The molecule has 2 unspecified atom stereocenters. The lowest BCUT2D eigenvalue weighted by Gasteiger charge is -2.65. The fourth-order valence-corrected chi connectivity index (χ4v) is 3.69. The normalized spacial score (nSPS) is 29.5. The van der Waals surface area contributed by atoms with Crippen LogP contribution < -0.4 is 0 Å². The van der Waals surface area contributed by atoms with Gasteiger partial charge in [0.1, 0.15) is 0 Å². The maximum Gasteiger partial charge on any atom is 0.279 e. The third-order valence-corrected chi connectivity index (χ3v) is 5.08. The molecule has 152 valence electrons. The average Bonchev–Trinajstić information content (AvgIpc) is 2.30. The Kier molecular flexibility index (Phi) is 5.00. The van der Waals surface area contributed by atoms with Gasteiger partial charge < -0.3 is 10.2 Å². The molecule has 6 nitrogen and oxygen atoms in total. The van der Waals surface area contributed by atoms with Gasteiger partial charge in [0, 0.05) is 21.9 Å². The van der Waals surface area contributed by atoms with Gasteiger partial charge in [0.25, 0.3) is 11.8 Å². The highest BCUT2D eigenvalue weighted by Gasteiger charge is 2.72. The van der Waals surface area contributed by atoms with Crippen LogP contribution >= 0.6 is 0 Å². The largest absolute Gasteiger partial charge is 0.363 e. The van der Waals surface area contributed by atoms with Crippen LogP contribution in [-0.2, 0) is 9.59 Å². The summed E-state index contributed by atoms with van der Waals surface area (Å²) in [6.07, 6.45) is 0. The van der Waals surface area contributed by atoms with Gasteiger partial charge in [-0.3, -0.25) is 19.4 Å². The molecule has 26 heavy (non-hydrogen) atoms. The fourth-order valence-electron chi connectivity index (χ4n) is 3.69. The Labute approximate surface area is 158 Å². The minimum Gasteiger partial charge on any atom is -0.363 e. The minimum atomic E-state index is -2.09. The molecule has 2 atom stereocenters. The lowest BCUT2D eigenvalue weighted by atomic mass is 9.70. The molecule has 1 aliphatic rings. The zero-order valence-electron chi connectivity index (χ0n) is 18.6. The van der Waals surface area contributed by atoms with Crippen molar-refractivity contribution in [3.05, 3.63) is 0 Å². The minimum absolute atomic E-state index is 0.663. The predicted octanol–water partition coefficient (Wildman–Crippen LogP) is 2.72. The van der Waals surface area contributed by atoms with E-state index in [1.807, 2.05) is 0 Å². The fraction of sp³-hybridized carbons (Fsp3) is 0.900. The first-order chi connectivity index (χ1) is 11.1. The van der Waals surface area contributed by atoms with Crippen molar-refractivity contribution in [3.63, 3.8) is 0 Å². The zero-order chi connectivity index (χ0) is 21.3. The van der Waals surface area contributed by atoms with Gasteiger partial charge in [-0.15, -0.1) is 0 Å². The number of piperazine rings is 1. The van der Waals surface area contributed by atoms with Gasteiger partial charge in [-0.25, -0.2) is 0 Å². The maximum absolute atomic E-state index is 13.7. The average molecular weight is 371 g/mol. The molecule has 1 heterocycles. The van der Waals surface area contributed by atoms with E-state index in [4.69, 9.17) is 0 Å².